The summed E-state index contributed by atoms with van der Waals surface area (Å²) in [7, 11) is 0. The first kappa shape index (κ1) is 14.1. The summed E-state index contributed by atoms with van der Waals surface area (Å²) in [5.74, 6) is -0.324. The zero-order valence-corrected chi connectivity index (χ0v) is 11.9. The van der Waals surface area contributed by atoms with Crippen molar-refractivity contribution in [3.63, 3.8) is 0 Å². The van der Waals surface area contributed by atoms with Crippen molar-refractivity contribution in [2.45, 2.75) is 20.4 Å². The number of aryl methyl sites for hydroxylation is 1. The normalized spacial score (nSPS) is 12.9. The number of hydrogen-bond acceptors (Lipinski definition) is 1. The van der Waals surface area contributed by atoms with E-state index in [1.165, 1.54) is 12.2 Å². The Hall–Kier alpha value is -2.29. The van der Waals surface area contributed by atoms with Crippen molar-refractivity contribution in [2.75, 3.05) is 5.73 Å². The van der Waals surface area contributed by atoms with E-state index in [1.54, 1.807) is 0 Å². The average Bonchev–Trinajstić information content (AvgIpc) is 2.80. The molecular formula is C17H19FN2. The van der Waals surface area contributed by atoms with Crippen LogP contribution >= 0.6 is 0 Å². The molecule has 0 amide bonds. The SMILES string of the molecule is C=C/C(F)=C\C(=C/C)Cn1ccc2cc(N)cc(C)c21. The number of anilines is 1. The number of hydrogen-bond donors (Lipinski definition) is 1. The van der Waals surface area contributed by atoms with Gasteiger partial charge in [-0.1, -0.05) is 12.7 Å². The second kappa shape index (κ2) is 5.78. The third-order valence-corrected chi connectivity index (χ3v) is 3.32. The predicted molar refractivity (Wildman–Crippen MR) is 84.2 cm³/mol. The Labute approximate surface area is 118 Å². The number of nitrogen functional groups attached to an aromatic ring is 1. The van der Waals surface area contributed by atoms with Crippen molar-refractivity contribution in [3.05, 3.63) is 66.2 Å². The maximum atomic E-state index is 13.3. The molecule has 0 unspecified atom stereocenters. The van der Waals surface area contributed by atoms with E-state index in [0.29, 0.717) is 6.54 Å². The summed E-state index contributed by atoms with van der Waals surface area (Å²) >= 11 is 0. The first-order valence-corrected chi connectivity index (χ1v) is 6.55. The quantitative estimate of drug-likeness (QED) is 0.642. The standard InChI is InChI=1S/C17H19FN2/c1-4-13(9-15(18)5-2)11-20-7-6-14-10-16(19)8-12(3)17(14)20/h4-10H,2,11,19H2,1,3H3/b13-4+,15-9+. The van der Waals surface area contributed by atoms with Crippen molar-refractivity contribution >= 4 is 16.6 Å². The fourth-order valence-electron chi connectivity index (χ4n) is 2.38. The second-order valence-corrected chi connectivity index (χ2v) is 4.82. The molecule has 2 aromatic rings. The van der Waals surface area contributed by atoms with E-state index in [2.05, 4.69) is 11.1 Å². The summed E-state index contributed by atoms with van der Waals surface area (Å²) in [5.41, 5.74) is 9.76. The largest absolute Gasteiger partial charge is 0.399 e. The van der Waals surface area contributed by atoms with E-state index in [4.69, 9.17) is 5.73 Å². The van der Waals surface area contributed by atoms with Crippen LogP contribution in [0.15, 0.2) is 60.6 Å². The number of halogens is 1. The maximum absolute atomic E-state index is 13.3. The van der Waals surface area contributed by atoms with Crippen LogP contribution in [0.25, 0.3) is 10.9 Å². The molecule has 0 aliphatic carbocycles. The lowest BCUT2D eigenvalue weighted by atomic mass is 10.1. The molecule has 104 valence electrons. The minimum atomic E-state index is -0.324. The van der Waals surface area contributed by atoms with Gasteiger partial charge in [0.2, 0.25) is 0 Å². The van der Waals surface area contributed by atoms with Gasteiger partial charge in [-0.3, -0.25) is 0 Å². The number of rotatable bonds is 4. The van der Waals surface area contributed by atoms with Crippen molar-refractivity contribution in [1.82, 2.24) is 4.57 Å². The molecule has 0 radical (unpaired) electrons. The summed E-state index contributed by atoms with van der Waals surface area (Å²) in [6.45, 7) is 7.98. The highest BCUT2D eigenvalue weighted by Gasteiger charge is 2.06. The van der Waals surface area contributed by atoms with Crippen LogP contribution in [0.2, 0.25) is 0 Å². The van der Waals surface area contributed by atoms with Crippen LogP contribution in [0.3, 0.4) is 0 Å². The van der Waals surface area contributed by atoms with E-state index in [-0.39, 0.29) is 5.83 Å². The van der Waals surface area contributed by atoms with Crippen LogP contribution in [0, 0.1) is 6.92 Å². The van der Waals surface area contributed by atoms with E-state index >= 15 is 0 Å². The number of fused-ring (bicyclic) bond motifs is 1. The van der Waals surface area contributed by atoms with Gasteiger partial charge in [0.05, 0.1) is 5.52 Å². The third-order valence-electron chi connectivity index (χ3n) is 3.32. The van der Waals surface area contributed by atoms with Crippen LogP contribution in [-0.2, 0) is 6.54 Å². The molecular weight excluding hydrogens is 251 g/mol. The molecule has 0 atom stereocenters. The van der Waals surface area contributed by atoms with Crippen LogP contribution in [0.4, 0.5) is 10.1 Å². The Bertz CT molecular complexity index is 705. The van der Waals surface area contributed by atoms with Crippen molar-refractivity contribution in [1.29, 1.82) is 0 Å². The number of nitrogens with zero attached hydrogens (tertiary/aromatic N) is 1. The van der Waals surface area contributed by atoms with Gasteiger partial charge in [0.25, 0.3) is 0 Å². The minimum absolute atomic E-state index is 0.324. The van der Waals surface area contributed by atoms with E-state index < -0.39 is 0 Å². The first-order chi connectivity index (χ1) is 9.55. The van der Waals surface area contributed by atoms with Gasteiger partial charge < -0.3 is 10.3 Å². The van der Waals surface area contributed by atoms with Gasteiger partial charge in [-0.2, -0.15) is 0 Å². The van der Waals surface area contributed by atoms with Crippen LogP contribution in [0.5, 0.6) is 0 Å². The lowest BCUT2D eigenvalue weighted by Crippen LogP contribution is -2.00. The molecule has 3 heteroatoms. The van der Waals surface area contributed by atoms with E-state index in [9.17, 15) is 4.39 Å². The Kier molecular flexibility index (Phi) is 4.08. The smallest absolute Gasteiger partial charge is 0.122 e. The second-order valence-electron chi connectivity index (χ2n) is 4.82. The van der Waals surface area contributed by atoms with Gasteiger partial charge in [-0.15, -0.1) is 0 Å². The molecule has 0 saturated carbocycles. The van der Waals surface area contributed by atoms with Gasteiger partial charge >= 0.3 is 0 Å². The monoisotopic (exact) mass is 270 g/mol. The molecule has 2 N–H and O–H groups in total. The van der Waals surface area contributed by atoms with Crippen LogP contribution in [-0.4, -0.2) is 4.57 Å². The molecule has 0 aliphatic rings. The van der Waals surface area contributed by atoms with Crippen molar-refractivity contribution < 1.29 is 4.39 Å². The highest BCUT2D eigenvalue weighted by Crippen LogP contribution is 2.24. The molecule has 2 nitrogen and oxygen atoms in total. The van der Waals surface area contributed by atoms with Gasteiger partial charge in [0.15, 0.2) is 0 Å². The van der Waals surface area contributed by atoms with Gasteiger partial charge in [-0.25, -0.2) is 4.39 Å². The van der Waals surface area contributed by atoms with Gasteiger partial charge in [0, 0.05) is 23.8 Å². The Morgan fingerprint density at radius 1 is 1.45 bits per heavy atom. The fraction of sp³-hybridized carbons (Fsp3) is 0.176. The highest BCUT2D eigenvalue weighted by atomic mass is 19.1. The third kappa shape index (κ3) is 2.82. The molecule has 0 saturated heterocycles. The van der Waals surface area contributed by atoms with E-state index in [0.717, 1.165) is 27.7 Å². The number of aromatic nitrogens is 1. The van der Waals surface area contributed by atoms with E-state index in [1.807, 2.05) is 44.3 Å². The van der Waals surface area contributed by atoms with Crippen molar-refractivity contribution in [3.8, 4) is 0 Å². The zero-order chi connectivity index (χ0) is 14.7. The number of benzene rings is 1. The lowest BCUT2D eigenvalue weighted by Gasteiger charge is -2.09. The Morgan fingerprint density at radius 2 is 2.20 bits per heavy atom. The van der Waals surface area contributed by atoms with Crippen LogP contribution < -0.4 is 5.73 Å². The molecule has 1 aromatic heterocycles. The zero-order valence-electron chi connectivity index (χ0n) is 11.9. The summed E-state index contributed by atoms with van der Waals surface area (Å²) in [4.78, 5) is 0. The highest BCUT2D eigenvalue weighted by molar-refractivity contribution is 5.86. The molecule has 20 heavy (non-hydrogen) atoms. The average molecular weight is 270 g/mol. The Balaban J connectivity index is 2.42. The fourth-order valence-corrected chi connectivity index (χ4v) is 2.38. The van der Waals surface area contributed by atoms with Gasteiger partial charge in [0.1, 0.15) is 5.83 Å². The molecule has 0 bridgehead atoms. The topological polar surface area (TPSA) is 30.9 Å². The predicted octanol–water partition coefficient (Wildman–Crippen LogP) is 4.52. The molecule has 1 heterocycles. The van der Waals surface area contributed by atoms with Crippen molar-refractivity contribution in [2.24, 2.45) is 0 Å². The molecule has 0 spiro atoms. The molecule has 2 rings (SSSR count). The first-order valence-electron chi connectivity index (χ1n) is 6.55. The molecule has 0 aliphatic heterocycles. The minimum Gasteiger partial charge on any atom is -0.399 e. The summed E-state index contributed by atoms with van der Waals surface area (Å²) < 4.78 is 15.4. The van der Waals surface area contributed by atoms with Crippen LogP contribution in [0.1, 0.15) is 12.5 Å². The maximum Gasteiger partial charge on any atom is 0.122 e. The summed E-state index contributed by atoms with van der Waals surface area (Å²) in [6, 6.07) is 5.93. The summed E-state index contributed by atoms with van der Waals surface area (Å²) in [6.07, 6.45) is 6.62. The molecule has 1 aromatic carbocycles. The number of nitrogens with two attached hydrogens (primary N) is 1. The molecule has 0 fully saturated rings. The number of allylic oxidation sites excluding steroid dienone is 5. The Morgan fingerprint density at radius 3 is 2.85 bits per heavy atom. The lowest BCUT2D eigenvalue weighted by molar-refractivity contribution is 0.663. The van der Waals surface area contributed by atoms with Gasteiger partial charge in [-0.05, 0) is 55.3 Å². The summed E-state index contributed by atoms with van der Waals surface area (Å²) in [5, 5.41) is 1.10.